The highest BCUT2D eigenvalue weighted by Gasteiger charge is 2.55. The lowest BCUT2D eigenvalue weighted by molar-refractivity contribution is -0.329. The number of carbonyl (C=O) groups excluding carboxylic acids is 2. The van der Waals surface area contributed by atoms with Gasteiger partial charge in [0.25, 0.3) is 0 Å². The summed E-state index contributed by atoms with van der Waals surface area (Å²) in [4.78, 5) is 32.3. The second-order valence-electron chi connectivity index (χ2n) is 19.7. The predicted octanol–water partition coefficient (Wildman–Crippen LogP) is 2.88. The predicted molar refractivity (Wildman–Crippen MR) is 235 cm³/mol. The molecule has 4 saturated heterocycles. The van der Waals surface area contributed by atoms with Gasteiger partial charge in [0, 0.05) is 60.9 Å². The first-order chi connectivity index (χ1) is 31.6. The van der Waals surface area contributed by atoms with E-state index >= 15 is 0 Å². The van der Waals surface area contributed by atoms with Crippen LogP contribution in [0.3, 0.4) is 0 Å². The lowest BCUT2D eigenvalue weighted by atomic mass is 9.70. The molecule has 0 spiro atoms. The Bertz CT molecular complexity index is 2140. The molecule has 4 heterocycles. The molecule has 8 rings (SSSR count). The Morgan fingerprint density at radius 1 is 0.642 bits per heavy atom. The van der Waals surface area contributed by atoms with Crippen molar-refractivity contribution in [2.45, 2.75) is 190 Å². The molecule has 2 aliphatic carbocycles. The number of ketones is 2. The van der Waals surface area contributed by atoms with Gasteiger partial charge in [-0.15, -0.1) is 0 Å². The maximum absolute atomic E-state index is 14.3. The van der Waals surface area contributed by atoms with E-state index in [-0.39, 0.29) is 60.4 Å². The van der Waals surface area contributed by atoms with Crippen LogP contribution in [-0.2, 0) is 37.9 Å². The lowest BCUT2D eigenvalue weighted by Gasteiger charge is -2.49. The first-order valence-corrected chi connectivity index (χ1v) is 23.5. The van der Waals surface area contributed by atoms with E-state index in [1.807, 2.05) is 38.0 Å². The molecule has 4 fully saturated rings. The zero-order valence-corrected chi connectivity index (χ0v) is 39.6. The first kappa shape index (κ1) is 50.0. The van der Waals surface area contributed by atoms with Gasteiger partial charge >= 0.3 is 0 Å². The molecule has 67 heavy (non-hydrogen) atoms. The number of carbonyl (C=O) groups is 2. The summed E-state index contributed by atoms with van der Waals surface area (Å²) in [6, 6.07) is 3.20. The molecular weight excluding hydrogens is 877 g/mol. The quantitative estimate of drug-likeness (QED) is 0.136. The van der Waals surface area contributed by atoms with Crippen LogP contribution in [0.1, 0.15) is 135 Å². The van der Waals surface area contributed by atoms with Crippen molar-refractivity contribution in [1.82, 2.24) is 9.80 Å². The van der Waals surface area contributed by atoms with Crippen LogP contribution < -0.4 is 0 Å². The van der Waals surface area contributed by atoms with Gasteiger partial charge in [-0.1, -0.05) is 19.1 Å². The minimum atomic E-state index is -1.84. The zero-order valence-electron chi connectivity index (χ0n) is 39.6. The highest BCUT2D eigenvalue weighted by atomic mass is 16.7. The second-order valence-corrected chi connectivity index (χ2v) is 19.7. The molecule has 18 atom stereocenters. The van der Waals surface area contributed by atoms with Gasteiger partial charge in [0.15, 0.2) is 30.9 Å². The zero-order chi connectivity index (χ0) is 48.5. The third kappa shape index (κ3) is 9.26. The Hall–Kier alpha value is -3.38. The number of phenols is 3. The monoisotopic (exact) mass is 944 g/mol. The van der Waals surface area contributed by atoms with Crippen LogP contribution >= 0.6 is 0 Å². The minimum Gasteiger partial charge on any atom is -0.507 e. The van der Waals surface area contributed by atoms with Gasteiger partial charge < -0.3 is 83.4 Å². The number of fused-ring (bicyclic) bond motifs is 3. The van der Waals surface area contributed by atoms with Crippen molar-refractivity contribution >= 4 is 11.6 Å². The molecule has 15 unspecified atom stereocenters. The Morgan fingerprint density at radius 3 is 1.85 bits per heavy atom. The third-order valence-corrected chi connectivity index (χ3v) is 14.8. The summed E-state index contributed by atoms with van der Waals surface area (Å²) in [6.07, 6.45) is -11.0. The first-order valence-electron chi connectivity index (χ1n) is 23.5. The maximum Gasteiger partial charge on any atom is 0.202 e. The van der Waals surface area contributed by atoms with E-state index in [1.165, 1.54) is 18.2 Å². The van der Waals surface area contributed by atoms with Gasteiger partial charge in [-0.05, 0) is 74.8 Å². The number of likely N-dealkylation sites (N-methyl/N-ethyl adjacent to an activating group) is 2. The molecule has 4 aliphatic heterocycles. The molecule has 372 valence electrons. The summed E-state index contributed by atoms with van der Waals surface area (Å²) in [6.45, 7) is 8.78. The number of ether oxygens (including phenoxy) is 8. The molecule has 6 aliphatic rings. The van der Waals surface area contributed by atoms with Crippen molar-refractivity contribution in [3.63, 3.8) is 0 Å². The molecule has 0 amide bonds. The largest absolute Gasteiger partial charge is 0.507 e. The maximum atomic E-state index is 14.3. The number of hydrogen-bond donors (Lipinski definition) is 7. The van der Waals surface area contributed by atoms with Crippen molar-refractivity contribution in [3.8, 4) is 17.2 Å². The minimum absolute atomic E-state index is 0.0332. The molecule has 19 nitrogen and oxygen atoms in total. The summed E-state index contributed by atoms with van der Waals surface area (Å²) in [5.74, 6) is -3.60. The van der Waals surface area contributed by atoms with E-state index < -0.39 is 144 Å². The normalized spacial score (nSPS) is 40.1. The smallest absolute Gasteiger partial charge is 0.202 e. The average molecular weight is 945 g/mol. The van der Waals surface area contributed by atoms with E-state index in [1.54, 1.807) is 34.6 Å². The van der Waals surface area contributed by atoms with E-state index in [9.17, 15) is 45.3 Å². The van der Waals surface area contributed by atoms with Gasteiger partial charge in [-0.25, -0.2) is 0 Å². The number of hydrogen-bond acceptors (Lipinski definition) is 19. The number of aliphatic hydroxyl groups is 4. The molecule has 0 aromatic heterocycles. The Morgan fingerprint density at radius 2 is 1.21 bits per heavy atom. The lowest BCUT2D eigenvalue weighted by Crippen LogP contribution is -2.58. The SMILES string of the molecule is CC[C@@]1(O)C[C@H](OC2CC(N(C)C)C(OC3CC(O)C(OC4CCC(O)C(C)O4)C(C)O3)C(C)O2)c2c(O)c3c(c(O)c2[C@H]1OC1CC(N(C)C)C(O)C(C)O1)C(=O)c1cccc(O)c1C3=O. The number of benzene rings is 2. The van der Waals surface area contributed by atoms with E-state index in [4.69, 9.17) is 37.9 Å². The molecular formula is C48H68N2O17. The Balaban J connectivity index is 1.09. The van der Waals surface area contributed by atoms with Crippen molar-refractivity contribution in [2.24, 2.45) is 0 Å². The standard InChI is InChI=1S/C48H68N2O17/c1-10-48(59)19-30(64-32-17-26(50(8)9)45(22(4)62-32)66-34-18-29(53)46(23(5)63-34)65-31-15-14-27(51)20(2)60-31)36-39(47(48)67-33-16-25(49(6)7)40(54)21(3)61-33)44(58)37-38(43(36)57)42(56)35-24(41(37)55)12-11-13-28(35)52/h11-13,20-23,25-27,29-34,40,45-47,51-54,57-59H,10,14-19H2,1-9H3/t20?,21?,22?,23?,25?,26?,27?,29?,30-,31?,32?,33?,34?,40?,45?,46?,47+,48+/m0/s1. The number of nitrogens with zero attached hydrogens (tertiary/aromatic N) is 2. The van der Waals surface area contributed by atoms with Crippen LogP contribution in [0.4, 0.5) is 0 Å². The number of aliphatic hydroxyl groups excluding tert-OH is 3. The fourth-order valence-corrected chi connectivity index (χ4v) is 10.9. The highest BCUT2D eigenvalue weighted by molar-refractivity contribution is 6.31. The van der Waals surface area contributed by atoms with Crippen molar-refractivity contribution < 1.29 is 83.2 Å². The second kappa shape index (κ2) is 19.4. The van der Waals surface area contributed by atoms with E-state index in [0.717, 1.165) is 0 Å². The van der Waals surface area contributed by atoms with Gasteiger partial charge in [0.1, 0.15) is 35.6 Å². The molecule has 2 aromatic carbocycles. The van der Waals surface area contributed by atoms with E-state index in [2.05, 4.69) is 0 Å². The van der Waals surface area contributed by atoms with Gasteiger partial charge in [-0.2, -0.15) is 0 Å². The van der Waals surface area contributed by atoms with Crippen LogP contribution in [0.25, 0.3) is 0 Å². The van der Waals surface area contributed by atoms with Crippen molar-refractivity contribution in [2.75, 3.05) is 28.2 Å². The molecule has 0 saturated carbocycles. The highest BCUT2D eigenvalue weighted by Crippen LogP contribution is 2.58. The van der Waals surface area contributed by atoms with Crippen LogP contribution in [-0.4, -0.2) is 183 Å². The molecule has 7 N–H and O–H groups in total. The number of aromatic hydroxyl groups is 3. The van der Waals surface area contributed by atoms with Crippen LogP contribution in [0, 0.1) is 0 Å². The summed E-state index contributed by atoms with van der Waals surface area (Å²) in [5, 5.41) is 80.6. The molecule has 0 bridgehead atoms. The van der Waals surface area contributed by atoms with E-state index in [0.29, 0.717) is 12.8 Å². The Labute approximate surface area is 390 Å². The molecule has 19 heteroatoms. The van der Waals surface area contributed by atoms with Gasteiger partial charge in [0.05, 0.1) is 71.1 Å². The fourth-order valence-electron chi connectivity index (χ4n) is 10.9. The molecule has 2 aromatic rings. The van der Waals surface area contributed by atoms with Gasteiger partial charge in [0.2, 0.25) is 5.78 Å². The summed E-state index contributed by atoms with van der Waals surface area (Å²) in [7, 11) is 7.36. The van der Waals surface area contributed by atoms with Crippen molar-refractivity contribution in [1.29, 1.82) is 0 Å². The number of phenolic OH excluding ortho intramolecular Hbond substituents is 3. The van der Waals surface area contributed by atoms with Crippen LogP contribution in [0.2, 0.25) is 0 Å². The average Bonchev–Trinajstić information content (AvgIpc) is 3.26. The van der Waals surface area contributed by atoms with Crippen molar-refractivity contribution in [3.05, 3.63) is 51.6 Å². The number of rotatable bonds is 11. The molecule has 0 radical (unpaired) electrons. The summed E-state index contributed by atoms with van der Waals surface area (Å²) >= 11 is 0. The van der Waals surface area contributed by atoms with Crippen LogP contribution in [0.15, 0.2) is 18.2 Å². The fraction of sp³-hybridized carbons (Fsp3) is 0.708. The third-order valence-electron chi connectivity index (χ3n) is 14.8. The summed E-state index contributed by atoms with van der Waals surface area (Å²) in [5.41, 5.74) is -3.67. The van der Waals surface area contributed by atoms with Gasteiger partial charge in [-0.3, -0.25) is 9.59 Å². The topological polar surface area (TPSA) is 256 Å². The summed E-state index contributed by atoms with van der Waals surface area (Å²) < 4.78 is 50.8. The van der Waals surface area contributed by atoms with Crippen LogP contribution in [0.5, 0.6) is 17.2 Å². The Kier molecular flexibility index (Phi) is 14.5.